The van der Waals surface area contributed by atoms with Gasteiger partial charge in [-0.25, -0.2) is 9.59 Å². The molecule has 1 aromatic heterocycles. The van der Waals surface area contributed by atoms with Crippen molar-refractivity contribution in [2.75, 3.05) is 18.1 Å². The molecule has 1 aliphatic rings. The summed E-state index contributed by atoms with van der Waals surface area (Å²) in [6, 6.07) is 22.4. The predicted molar refractivity (Wildman–Crippen MR) is 138 cm³/mol. The van der Waals surface area contributed by atoms with Crippen LogP contribution in [0.4, 0.5) is 10.5 Å². The lowest BCUT2D eigenvalue weighted by atomic mass is 9.98. The Morgan fingerprint density at radius 3 is 2.33 bits per heavy atom. The number of aromatic carboxylic acids is 1. The van der Waals surface area contributed by atoms with Gasteiger partial charge in [0.1, 0.15) is 6.61 Å². The SMILES string of the molecule is O=C(O)c1ccc(Cl)cc1N(CCCn1cccn1)C(=O)OCC1c2ccccc2-c2ccccc21. The van der Waals surface area contributed by atoms with Crippen molar-refractivity contribution >= 4 is 29.4 Å². The molecule has 3 aromatic carbocycles. The molecule has 4 aromatic rings. The summed E-state index contributed by atoms with van der Waals surface area (Å²) < 4.78 is 7.60. The van der Waals surface area contributed by atoms with E-state index < -0.39 is 12.1 Å². The van der Waals surface area contributed by atoms with Gasteiger partial charge in [-0.15, -0.1) is 0 Å². The zero-order valence-electron chi connectivity index (χ0n) is 19.4. The molecule has 5 rings (SSSR count). The minimum atomic E-state index is -1.15. The minimum Gasteiger partial charge on any atom is -0.478 e. The van der Waals surface area contributed by atoms with Gasteiger partial charge in [0.25, 0.3) is 0 Å². The number of carboxylic acid groups (broad SMARTS) is 1. The molecule has 7 nitrogen and oxygen atoms in total. The molecule has 8 heteroatoms. The quantitative estimate of drug-likeness (QED) is 0.316. The first-order chi connectivity index (χ1) is 17.5. The lowest BCUT2D eigenvalue weighted by molar-refractivity contribution is 0.0697. The first kappa shape index (κ1) is 23.6. The summed E-state index contributed by atoms with van der Waals surface area (Å²) in [5.41, 5.74) is 4.65. The molecule has 1 amide bonds. The van der Waals surface area contributed by atoms with Crippen LogP contribution in [-0.4, -0.2) is 40.1 Å². The van der Waals surface area contributed by atoms with Crippen molar-refractivity contribution in [3.63, 3.8) is 0 Å². The zero-order valence-corrected chi connectivity index (χ0v) is 20.1. The minimum absolute atomic E-state index is 0.0213. The Kier molecular flexibility index (Phi) is 6.73. The highest BCUT2D eigenvalue weighted by Crippen LogP contribution is 2.44. The number of amides is 1. The first-order valence-corrected chi connectivity index (χ1v) is 12.0. The predicted octanol–water partition coefficient (Wildman–Crippen LogP) is 6.08. The van der Waals surface area contributed by atoms with Crippen LogP contribution in [0.25, 0.3) is 11.1 Å². The van der Waals surface area contributed by atoms with Gasteiger partial charge < -0.3 is 9.84 Å². The number of fused-ring (bicyclic) bond motifs is 3. The molecule has 0 saturated heterocycles. The van der Waals surface area contributed by atoms with E-state index in [9.17, 15) is 14.7 Å². The molecule has 0 saturated carbocycles. The number of anilines is 1. The van der Waals surface area contributed by atoms with E-state index in [4.69, 9.17) is 16.3 Å². The Morgan fingerprint density at radius 1 is 1.00 bits per heavy atom. The third kappa shape index (κ3) is 4.70. The van der Waals surface area contributed by atoms with Crippen molar-refractivity contribution in [2.24, 2.45) is 0 Å². The molecule has 1 N–H and O–H groups in total. The van der Waals surface area contributed by atoms with Gasteiger partial charge in [0.05, 0.1) is 11.3 Å². The van der Waals surface area contributed by atoms with Gasteiger partial charge in [-0.1, -0.05) is 60.1 Å². The van der Waals surface area contributed by atoms with Crippen molar-refractivity contribution in [2.45, 2.75) is 18.9 Å². The summed E-state index contributed by atoms with van der Waals surface area (Å²) in [6.07, 6.45) is 3.43. The number of benzene rings is 3. The Hall–Kier alpha value is -4.10. The van der Waals surface area contributed by atoms with E-state index in [0.717, 1.165) is 22.3 Å². The standard InChI is InChI=1S/C28H24ClN3O4/c29-19-11-12-24(27(33)34)26(17-19)32(16-6-15-31-14-5-13-30-31)28(35)36-18-25-22-9-3-1-7-20(22)21-8-2-4-10-23(21)25/h1-5,7-14,17,25H,6,15-16,18H2,(H,33,34). The topological polar surface area (TPSA) is 84.7 Å². The van der Waals surface area contributed by atoms with E-state index in [0.29, 0.717) is 18.0 Å². The van der Waals surface area contributed by atoms with Crippen LogP contribution in [0.1, 0.15) is 33.8 Å². The molecule has 182 valence electrons. The normalized spacial score (nSPS) is 12.1. The number of carboxylic acids is 1. The van der Waals surface area contributed by atoms with Crippen LogP contribution in [0, 0.1) is 0 Å². The van der Waals surface area contributed by atoms with E-state index in [1.807, 2.05) is 36.5 Å². The average molecular weight is 502 g/mol. The number of hydrogen-bond donors (Lipinski definition) is 1. The van der Waals surface area contributed by atoms with Crippen LogP contribution in [0.15, 0.2) is 85.2 Å². The van der Waals surface area contributed by atoms with Crippen molar-refractivity contribution < 1.29 is 19.4 Å². The van der Waals surface area contributed by atoms with Crippen LogP contribution in [-0.2, 0) is 11.3 Å². The van der Waals surface area contributed by atoms with Gasteiger partial charge in [-0.2, -0.15) is 5.10 Å². The number of ether oxygens (including phenoxy) is 1. The molecule has 1 aliphatic carbocycles. The summed E-state index contributed by atoms with van der Waals surface area (Å²) in [5.74, 6) is -1.25. The average Bonchev–Trinajstić information content (AvgIpc) is 3.51. The van der Waals surface area contributed by atoms with E-state index in [2.05, 4.69) is 29.4 Å². The van der Waals surface area contributed by atoms with Crippen molar-refractivity contribution in [3.05, 3.63) is 107 Å². The number of hydrogen-bond acceptors (Lipinski definition) is 4. The highest BCUT2D eigenvalue weighted by Gasteiger charge is 2.30. The second-order valence-electron chi connectivity index (χ2n) is 8.54. The molecule has 36 heavy (non-hydrogen) atoms. The maximum Gasteiger partial charge on any atom is 0.414 e. The summed E-state index contributed by atoms with van der Waals surface area (Å²) in [6.45, 7) is 0.922. The highest BCUT2D eigenvalue weighted by molar-refractivity contribution is 6.31. The molecule has 0 unspecified atom stereocenters. The monoisotopic (exact) mass is 501 g/mol. The fourth-order valence-corrected chi connectivity index (χ4v) is 4.88. The zero-order chi connectivity index (χ0) is 25.1. The number of rotatable bonds is 8. The number of aromatic nitrogens is 2. The van der Waals surface area contributed by atoms with E-state index >= 15 is 0 Å². The molecule has 0 fully saturated rings. The summed E-state index contributed by atoms with van der Waals surface area (Å²) >= 11 is 6.19. The largest absolute Gasteiger partial charge is 0.478 e. The number of carbonyl (C=O) groups is 2. The summed E-state index contributed by atoms with van der Waals surface area (Å²) in [7, 11) is 0. The molecule has 0 spiro atoms. The number of carbonyl (C=O) groups excluding carboxylic acids is 1. The van der Waals surface area contributed by atoms with Crippen LogP contribution >= 0.6 is 11.6 Å². The summed E-state index contributed by atoms with van der Waals surface area (Å²) in [5, 5.41) is 14.3. The van der Waals surface area contributed by atoms with Crippen molar-refractivity contribution in [1.29, 1.82) is 0 Å². The second-order valence-corrected chi connectivity index (χ2v) is 8.98. The lowest BCUT2D eigenvalue weighted by Gasteiger charge is -2.25. The van der Waals surface area contributed by atoms with E-state index in [1.54, 1.807) is 10.9 Å². The number of aryl methyl sites for hydroxylation is 1. The fraction of sp³-hybridized carbons (Fsp3) is 0.179. The van der Waals surface area contributed by atoms with Crippen LogP contribution in [0.5, 0.6) is 0 Å². The van der Waals surface area contributed by atoms with Crippen LogP contribution in [0.2, 0.25) is 5.02 Å². The molecule has 0 aliphatic heterocycles. The van der Waals surface area contributed by atoms with Gasteiger partial charge >= 0.3 is 12.1 Å². The molecular weight excluding hydrogens is 478 g/mol. The van der Waals surface area contributed by atoms with Gasteiger partial charge in [0, 0.05) is 36.4 Å². The molecule has 0 bridgehead atoms. The molecule has 0 radical (unpaired) electrons. The lowest BCUT2D eigenvalue weighted by Crippen LogP contribution is -2.35. The van der Waals surface area contributed by atoms with Gasteiger partial charge in [0.15, 0.2) is 0 Å². The molecule has 1 heterocycles. The maximum absolute atomic E-state index is 13.4. The Labute approximate surface area is 213 Å². The van der Waals surface area contributed by atoms with Gasteiger partial charge in [-0.3, -0.25) is 9.58 Å². The maximum atomic E-state index is 13.4. The van der Waals surface area contributed by atoms with Crippen LogP contribution in [0.3, 0.4) is 0 Å². The second kappa shape index (κ2) is 10.3. The highest BCUT2D eigenvalue weighted by atomic mass is 35.5. The Balaban J connectivity index is 1.40. The summed E-state index contributed by atoms with van der Waals surface area (Å²) in [4.78, 5) is 26.7. The third-order valence-corrected chi connectivity index (χ3v) is 6.60. The third-order valence-electron chi connectivity index (χ3n) is 6.37. The number of halogens is 1. The number of nitrogens with zero attached hydrogens (tertiary/aromatic N) is 3. The molecular formula is C28H24ClN3O4. The van der Waals surface area contributed by atoms with Gasteiger partial charge in [-0.05, 0) is 52.9 Å². The Bertz CT molecular complexity index is 1360. The van der Waals surface area contributed by atoms with Gasteiger partial charge in [0.2, 0.25) is 0 Å². The fourth-order valence-electron chi connectivity index (χ4n) is 4.71. The first-order valence-electron chi connectivity index (χ1n) is 11.7. The van der Waals surface area contributed by atoms with Crippen LogP contribution < -0.4 is 4.90 Å². The Morgan fingerprint density at radius 2 is 1.69 bits per heavy atom. The van der Waals surface area contributed by atoms with E-state index in [1.165, 1.54) is 23.1 Å². The van der Waals surface area contributed by atoms with Crippen molar-refractivity contribution in [3.8, 4) is 11.1 Å². The smallest absolute Gasteiger partial charge is 0.414 e. The van der Waals surface area contributed by atoms with E-state index in [-0.39, 0.29) is 30.3 Å². The van der Waals surface area contributed by atoms with Crippen molar-refractivity contribution in [1.82, 2.24) is 9.78 Å². The molecule has 0 atom stereocenters.